The van der Waals surface area contributed by atoms with E-state index in [4.69, 9.17) is 9.47 Å². The fourth-order valence-electron chi connectivity index (χ4n) is 3.62. The van der Waals surface area contributed by atoms with Gasteiger partial charge < -0.3 is 14.8 Å². The Bertz CT molecular complexity index is 1270. The van der Waals surface area contributed by atoms with E-state index in [-0.39, 0.29) is 29.7 Å². The highest BCUT2D eigenvalue weighted by Gasteiger charge is 2.32. The van der Waals surface area contributed by atoms with Gasteiger partial charge in [-0.05, 0) is 65.7 Å². The minimum atomic E-state index is -0.315. The minimum absolute atomic E-state index is 0.0988. The first-order chi connectivity index (χ1) is 16.4. The molecule has 3 aromatic carbocycles. The van der Waals surface area contributed by atoms with Gasteiger partial charge in [-0.15, -0.1) is 0 Å². The van der Waals surface area contributed by atoms with Gasteiger partial charge in [-0.3, -0.25) is 14.4 Å². The van der Waals surface area contributed by atoms with E-state index in [1.54, 1.807) is 42.5 Å². The van der Waals surface area contributed by atoms with Gasteiger partial charge in [-0.25, -0.2) is 0 Å². The molecule has 1 aliphatic rings. The molecule has 172 valence electrons. The number of hydrogen-bond acceptors (Lipinski definition) is 5. The standard InChI is InChI=1S/C27H22BrNO5/c1-3-33-23-14-17(12-21-25(31)19-6-4-5-7-20(19)26(21)32)13-22(28)27(23)34-15-24(30)29-18-10-8-16(2)9-11-18/h4-14H,3,15H2,1-2H3,(H,29,30). The monoisotopic (exact) mass is 519 g/mol. The molecule has 0 aromatic heterocycles. The molecule has 0 saturated heterocycles. The second kappa shape index (κ2) is 10.1. The summed E-state index contributed by atoms with van der Waals surface area (Å²) in [5, 5.41) is 2.78. The summed E-state index contributed by atoms with van der Waals surface area (Å²) < 4.78 is 12.0. The number of allylic oxidation sites excluding steroid dienone is 1. The first-order valence-corrected chi connectivity index (χ1v) is 11.5. The van der Waals surface area contributed by atoms with Crippen LogP contribution in [0.15, 0.2) is 70.7 Å². The lowest BCUT2D eigenvalue weighted by molar-refractivity contribution is -0.118. The van der Waals surface area contributed by atoms with E-state index in [0.717, 1.165) is 5.56 Å². The molecule has 0 radical (unpaired) electrons. The van der Waals surface area contributed by atoms with Crippen molar-refractivity contribution in [3.05, 3.63) is 93.0 Å². The molecule has 1 amide bonds. The van der Waals surface area contributed by atoms with E-state index in [2.05, 4.69) is 21.2 Å². The molecule has 0 fully saturated rings. The van der Waals surface area contributed by atoms with Gasteiger partial charge in [0.05, 0.1) is 16.7 Å². The number of hydrogen-bond donors (Lipinski definition) is 1. The van der Waals surface area contributed by atoms with Crippen LogP contribution < -0.4 is 14.8 Å². The van der Waals surface area contributed by atoms with Crippen LogP contribution in [0.25, 0.3) is 6.08 Å². The molecule has 1 aliphatic carbocycles. The highest BCUT2D eigenvalue weighted by atomic mass is 79.9. The summed E-state index contributed by atoms with van der Waals surface area (Å²) >= 11 is 3.47. The molecule has 3 aromatic rings. The van der Waals surface area contributed by atoms with Gasteiger partial charge in [0.15, 0.2) is 29.7 Å². The number of rotatable bonds is 7. The maximum absolute atomic E-state index is 12.7. The summed E-state index contributed by atoms with van der Waals surface area (Å²) in [4.78, 5) is 37.8. The Labute approximate surface area is 205 Å². The summed E-state index contributed by atoms with van der Waals surface area (Å²) in [6.07, 6.45) is 1.55. The second-order valence-corrected chi connectivity index (χ2v) is 8.58. The Balaban J connectivity index is 1.54. The highest BCUT2D eigenvalue weighted by Crippen LogP contribution is 2.38. The molecule has 4 rings (SSSR count). The van der Waals surface area contributed by atoms with Crippen LogP contribution in [0.1, 0.15) is 38.8 Å². The predicted molar refractivity (Wildman–Crippen MR) is 134 cm³/mol. The van der Waals surface area contributed by atoms with Crippen molar-refractivity contribution in [2.75, 3.05) is 18.5 Å². The number of aryl methyl sites for hydroxylation is 1. The van der Waals surface area contributed by atoms with Crippen LogP contribution in [0.3, 0.4) is 0 Å². The quantitative estimate of drug-likeness (QED) is 0.322. The fourth-order valence-corrected chi connectivity index (χ4v) is 4.19. The molecule has 0 bridgehead atoms. The Hall–Kier alpha value is -3.71. The number of halogens is 1. The third-order valence-corrected chi connectivity index (χ3v) is 5.82. The number of carbonyl (C=O) groups excluding carboxylic acids is 3. The Kier molecular flexibility index (Phi) is 6.93. The van der Waals surface area contributed by atoms with Gasteiger partial charge >= 0.3 is 0 Å². The van der Waals surface area contributed by atoms with E-state index < -0.39 is 0 Å². The first kappa shape index (κ1) is 23.4. The zero-order valence-electron chi connectivity index (χ0n) is 18.7. The van der Waals surface area contributed by atoms with Crippen molar-refractivity contribution in [1.29, 1.82) is 0 Å². The SMILES string of the molecule is CCOc1cc(C=C2C(=O)c3ccccc3C2=O)cc(Br)c1OCC(=O)Nc1ccc(C)cc1. The summed E-state index contributed by atoms with van der Waals surface area (Å²) in [6.45, 7) is 3.94. The fraction of sp³-hybridized carbons (Fsp3) is 0.148. The van der Waals surface area contributed by atoms with Gasteiger partial charge in [0, 0.05) is 16.8 Å². The molecule has 6 nitrogen and oxygen atoms in total. The highest BCUT2D eigenvalue weighted by molar-refractivity contribution is 9.10. The van der Waals surface area contributed by atoms with Crippen LogP contribution in [0, 0.1) is 6.92 Å². The molecular weight excluding hydrogens is 498 g/mol. The minimum Gasteiger partial charge on any atom is -0.490 e. The third kappa shape index (κ3) is 4.94. The first-order valence-electron chi connectivity index (χ1n) is 10.7. The van der Waals surface area contributed by atoms with Crippen LogP contribution in [0.5, 0.6) is 11.5 Å². The lowest BCUT2D eigenvalue weighted by Gasteiger charge is -2.15. The lowest BCUT2D eigenvalue weighted by atomic mass is 10.1. The number of benzene rings is 3. The number of ketones is 2. The molecule has 0 atom stereocenters. The third-order valence-electron chi connectivity index (χ3n) is 5.23. The zero-order chi connectivity index (χ0) is 24.2. The van der Waals surface area contributed by atoms with E-state index in [1.165, 1.54) is 0 Å². The molecule has 7 heteroatoms. The zero-order valence-corrected chi connectivity index (χ0v) is 20.3. The Morgan fingerprint density at radius 3 is 2.24 bits per heavy atom. The number of Topliss-reactive ketones (excluding diaryl/α,β-unsaturated/α-hetero) is 2. The summed E-state index contributed by atoms with van der Waals surface area (Å²) in [7, 11) is 0. The van der Waals surface area contributed by atoms with Crippen molar-refractivity contribution in [1.82, 2.24) is 0 Å². The number of nitrogens with one attached hydrogen (secondary N) is 1. The molecule has 0 saturated carbocycles. The van der Waals surface area contributed by atoms with Crippen LogP contribution >= 0.6 is 15.9 Å². The maximum atomic E-state index is 12.7. The number of anilines is 1. The molecule has 0 spiro atoms. The van der Waals surface area contributed by atoms with E-state index in [0.29, 0.717) is 45.0 Å². The summed E-state index contributed by atoms with van der Waals surface area (Å²) in [5.41, 5.74) is 3.28. The van der Waals surface area contributed by atoms with Crippen molar-refractivity contribution in [2.24, 2.45) is 0 Å². The molecule has 0 unspecified atom stereocenters. The topological polar surface area (TPSA) is 81.7 Å². The summed E-state index contributed by atoms with van der Waals surface area (Å²) in [5.74, 6) is -0.174. The molecule has 0 aliphatic heterocycles. The van der Waals surface area contributed by atoms with E-state index in [1.807, 2.05) is 38.1 Å². The van der Waals surface area contributed by atoms with Crippen LogP contribution in [0.4, 0.5) is 5.69 Å². The molecule has 34 heavy (non-hydrogen) atoms. The average Bonchev–Trinajstić information content (AvgIpc) is 3.05. The van der Waals surface area contributed by atoms with Crippen molar-refractivity contribution in [3.63, 3.8) is 0 Å². The van der Waals surface area contributed by atoms with Gasteiger partial charge in [0.25, 0.3) is 5.91 Å². The lowest BCUT2D eigenvalue weighted by Crippen LogP contribution is -2.20. The number of ether oxygens (including phenoxy) is 2. The Morgan fingerprint density at radius 1 is 0.971 bits per heavy atom. The van der Waals surface area contributed by atoms with Gasteiger partial charge in [-0.2, -0.15) is 0 Å². The molecular formula is C27H22BrNO5. The van der Waals surface area contributed by atoms with Crippen molar-refractivity contribution in [2.45, 2.75) is 13.8 Å². The number of carbonyl (C=O) groups is 3. The van der Waals surface area contributed by atoms with Crippen molar-refractivity contribution >= 4 is 45.2 Å². The second-order valence-electron chi connectivity index (χ2n) is 7.73. The van der Waals surface area contributed by atoms with Crippen LogP contribution in [-0.2, 0) is 4.79 Å². The maximum Gasteiger partial charge on any atom is 0.262 e. The smallest absolute Gasteiger partial charge is 0.262 e. The van der Waals surface area contributed by atoms with E-state index >= 15 is 0 Å². The van der Waals surface area contributed by atoms with Crippen LogP contribution in [-0.4, -0.2) is 30.7 Å². The van der Waals surface area contributed by atoms with Crippen molar-refractivity contribution < 1.29 is 23.9 Å². The average molecular weight is 520 g/mol. The normalized spacial score (nSPS) is 12.4. The molecule has 1 N–H and O–H groups in total. The number of amides is 1. The Morgan fingerprint density at radius 2 is 1.62 bits per heavy atom. The summed E-state index contributed by atoms with van der Waals surface area (Å²) in [6, 6.07) is 17.6. The van der Waals surface area contributed by atoms with E-state index in [9.17, 15) is 14.4 Å². The largest absolute Gasteiger partial charge is 0.490 e. The number of fused-ring (bicyclic) bond motifs is 1. The molecule has 0 heterocycles. The predicted octanol–water partition coefficient (Wildman–Crippen LogP) is 5.64. The van der Waals surface area contributed by atoms with Gasteiger partial charge in [0.2, 0.25) is 0 Å². The van der Waals surface area contributed by atoms with Gasteiger partial charge in [0.1, 0.15) is 0 Å². The van der Waals surface area contributed by atoms with Crippen molar-refractivity contribution in [3.8, 4) is 11.5 Å². The van der Waals surface area contributed by atoms with Crippen LogP contribution in [0.2, 0.25) is 0 Å². The van der Waals surface area contributed by atoms with Gasteiger partial charge in [-0.1, -0.05) is 42.0 Å².